The van der Waals surface area contributed by atoms with Gasteiger partial charge >= 0.3 is 0 Å². The van der Waals surface area contributed by atoms with Crippen molar-refractivity contribution < 1.29 is 8.42 Å². The summed E-state index contributed by atoms with van der Waals surface area (Å²) < 4.78 is 27.1. The SMILES string of the molecule is CCCCc1ccc2c(c1)S(=O)(=O)NC(=NCC(C)C)N2. The van der Waals surface area contributed by atoms with Crippen molar-refractivity contribution in [1.29, 1.82) is 0 Å². The normalized spacial score (nSPS) is 18.2. The highest BCUT2D eigenvalue weighted by Crippen LogP contribution is 2.26. The molecule has 0 saturated heterocycles. The lowest BCUT2D eigenvalue weighted by Gasteiger charge is -2.22. The van der Waals surface area contributed by atoms with Crippen molar-refractivity contribution in [3.8, 4) is 0 Å². The van der Waals surface area contributed by atoms with E-state index in [1.807, 2.05) is 26.0 Å². The lowest BCUT2D eigenvalue weighted by molar-refractivity contribution is 0.591. The number of unbranched alkanes of at least 4 members (excludes halogenated alkanes) is 1. The summed E-state index contributed by atoms with van der Waals surface area (Å²) in [6.45, 7) is 6.77. The second-order valence-electron chi connectivity index (χ2n) is 5.75. The number of nitrogens with one attached hydrogen (secondary N) is 2. The van der Waals surface area contributed by atoms with Gasteiger partial charge in [0.25, 0.3) is 10.0 Å². The summed E-state index contributed by atoms with van der Waals surface area (Å²) in [5.74, 6) is 0.680. The Morgan fingerprint density at radius 3 is 2.71 bits per heavy atom. The van der Waals surface area contributed by atoms with E-state index in [1.54, 1.807) is 6.07 Å². The molecule has 116 valence electrons. The molecular weight excluding hydrogens is 286 g/mol. The molecule has 0 saturated carbocycles. The molecule has 0 fully saturated rings. The van der Waals surface area contributed by atoms with Crippen LogP contribution in [0.2, 0.25) is 0 Å². The molecule has 21 heavy (non-hydrogen) atoms. The Balaban J connectivity index is 2.29. The van der Waals surface area contributed by atoms with Crippen LogP contribution in [-0.4, -0.2) is 20.9 Å². The van der Waals surface area contributed by atoms with Gasteiger partial charge in [0.1, 0.15) is 4.90 Å². The van der Waals surface area contributed by atoms with Crippen molar-refractivity contribution >= 4 is 21.7 Å². The van der Waals surface area contributed by atoms with Crippen LogP contribution in [0.5, 0.6) is 0 Å². The van der Waals surface area contributed by atoms with Crippen LogP contribution in [0.4, 0.5) is 5.69 Å². The Labute approximate surface area is 126 Å². The quantitative estimate of drug-likeness (QED) is 0.878. The molecule has 0 aromatic heterocycles. The van der Waals surface area contributed by atoms with Gasteiger partial charge in [0.05, 0.1) is 5.69 Å². The van der Waals surface area contributed by atoms with E-state index < -0.39 is 10.0 Å². The number of sulfonamides is 1. The minimum absolute atomic E-state index is 0.303. The zero-order valence-electron chi connectivity index (χ0n) is 12.8. The van der Waals surface area contributed by atoms with E-state index in [0.29, 0.717) is 29.0 Å². The molecule has 1 aromatic carbocycles. The summed E-state index contributed by atoms with van der Waals surface area (Å²) in [6.07, 6.45) is 3.04. The van der Waals surface area contributed by atoms with Gasteiger partial charge in [0, 0.05) is 6.54 Å². The number of anilines is 1. The number of guanidine groups is 1. The zero-order valence-corrected chi connectivity index (χ0v) is 13.6. The van der Waals surface area contributed by atoms with Crippen molar-refractivity contribution in [3.63, 3.8) is 0 Å². The van der Waals surface area contributed by atoms with E-state index in [-0.39, 0.29) is 0 Å². The molecule has 2 N–H and O–H groups in total. The van der Waals surface area contributed by atoms with Crippen LogP contribution >= 0.6 is 0 Å². The number of nitrogens with zero attached hydrogens (tertiary/aromatic N) is 1. The summed E-state index contributed by atoms with van der Waals surface area (Å²) in [5.41, 5.74) is 1.64. The number of benzene rings is 1. The monoisotopic (exact) mass is 309 g/mol. The Morgan fingerprint density at radius 1 is 1.29 bits per heavy atom. The molecular formula is C15H23N3O2S. The average Bonchev–Trinajstić information content (AvgIpc) is 2.42. The summed E-state index contributed by atoms with van der Waals surface area (Å²) in [5, 5.41) is 3.05. The molecule has 0 unspecified atom stereocenters. The molecule has 1 aliphatic rings. The second kappa shape index (κ2) is 6.47. The summed E-state index contributed by atoms with van der Waals surface area (Å²) >= 11 is 0. The van der Waals surface area contributed by atoms with E-state index in [2.05, 4.69) is 22.0 Å². The fourth-order valence-electron chi connectivity index (χ4n) is 2.11. The molecule has 1 aromatic rings. The molecule has 6 heteroatoms. The number of aliphatic imine (C=N–C) groups is 1. The third-order valence-electron chi connectivity index (χ3n) is 3.25. The van der Waals surface area contributed by atoms with Gasteiger partial charge in [-0.05, 0) is 36.5 Å². The standard InChI is InChI=1S/C15H23N3O2S/c1-4-5-6-12-7-8-13-14(9-12)21(19,20)18-15(17-13)16-10-11(2)3/h7-9,11H,4-6,10H2,1-3H3,(H2,16,17,18). The van der Waals surface area contributed by atoms with Crippen LogP contribution in [0, 0.1) is 5.92 Å². The number of aryl methyl sites for hydroxylation is 1. The van der Waals surface area contributed by atoms with Crippen LogP contribution in [0.25, 0.3) is 0 Å². The number of rotatable bonds is 5. The van der Waals surface area contributed by atoms with Gasteiger partial charge in [-0.1, -0.05) is 33.3 Å². The Hall–Kier alpha value is -1.56. The second-order valence-corrected chi connectivity index (χ2v) is 7.40. The van der Waals surface area contributed by atoms with Crippen molar-refractivity contribution in [2.45, 2.75) is 44.9 Å². The van der Waals surface area contributed by atoms with Crippen LogP contribution in [0.15, 0.2) is 28.1 Å². The van der Waals surface area contributed by atoms with Crippen LogP contribution < -0.4 is 10.0 Å². The Kier molecular flexibility index (Phi) is 4.88. The highest BCUT2D eigenvalue weighted by Gasteiger charge is 2.26. The molecule has 0 aliphatic carbocycles. The maximum atomic E-state index is 12.3. The first kappa shape index (κ1) is 15.8. The third kappa shape index (κ3) is 3.97. The van der Waals surface area contributed by atoms with Crippen LogP contribution in [0.1, 0.15) is 39.2 Å². The maximum Gasteiger partial charge on any atom is 0.266 e. The minimum Gasteiger partial charge on any atom is -0.324 e. The number of hydrogen-bond acceptors (Lipinski definition) is 3. The lowest BCUT2D eigenvalue weighted by Crippen LogP contribution is -2.41. The van der Waals surface area contributed by atoms with E-state index >= 15 is 0 Å². The predicted molar refractivity (Wildman–Crippen MR) is 86.1 cm³/mol. The fraction of sp³-hybridized carbons (Fsp3) is 0.533. The largest absolute Gasteiger partial charge is 0.324 e. The highest BCUT2D eigenvalue weighted by molar-refractivity contribution is 7.90. The maximum absolute atomic E-state index is 12.3. The summed E-state index contributed by atoms with van der Waals surface area (Å²) in [6, 6.07) is 5.55. The van der Waals surface area contributed by atoms with E-state index in [0.717, 1.165) is 24.8 Å². The fourth-order valence-corrected chi connectivity index (χ4v) is 3.30. The zero-order chi connectivity index (χ0) is 15.5. The van der Waals surface area contributed by atoms with Gasteiger partial charge in [-0.3, -0.25) is 4.99 Å². The molecule has 2 rings (SSSR count). The molecule has 0 bridgehead atoms. The van der Waals surface area contributed by atoms with Gasteiger partial charge in [-0.15, -0.1) is 0 Å². The third-order valence-corrected chi connectivity index (χ3v) is 4.63. The first-order valence-electron chi connectivity index (χ1n) is 7.39. The Bertz CT molecular complexity index is 636. The van der Waals surface area contributed by atoms with Gasteiger partial charge in [0.2, 0.25) is 5.96 Å². The Morgan fingerprint density at radius 2 is 2.05 bits per heavy atom. The van der Waals surface area contributed by atoms with Gasteiger partial charge in [0.15, 0.2) is 0 Å². The minimum atomic E-state index is -3.53. The number of hydrogen-bond donors (Lipinski definition) is 2. The highest BCUT2D eigenvalue weighted by atomic mass is 32.2. The van der Waals surface area contributed by atoms with Crippen molar-refractivity contribution in [1.82, 2.24) is 4.72 Å². The first-order chi connectivity index (χ1) is 9.92. The van der Waals surface area contributed by atoms with E-state index in [1.165, 1.54) is 0 Å². The first-order valence-corrected chi connectivity index (χ1v) is 8.88. The molecule has 0 spiro atoms. The van der Waals surface area contributed by atoms with Crippen LogP contribution in [0.3, 0.4) is 0 Å². The molecule has 5 nitrogen and oxygen atoms in total. The topological polar surface area (TPSA) is 70.6 Å². The smallest absolute Gasteiger partial charge is 0.266 e. The van der Waals surface area contributed by atoms with Crippen molar-refractivity contribution in [3.05, 3.63) is 23.8 Å². The van der Waals surface area contributed by atoms with Gasteiger partial charge < -0.3 is 5.32 Å². The predicted octanol–water partition coefficient (Wildman–Crippen LogP) is 2.75. The lowest BCUT2D eigenvalue weighted by atomic mass is 10.1. The van der Waals surface area contributed by atoms with Crippen LogP contribution in [-0.2, 0) is 16.4 Å². The molecule has 0 radical (unpaired) electrons. The molecule has 0 amide bonds. The molecule has 0 atom stereocenters. The van der Waals surface area contributed by atoms with Gasteiger partial charge in [-0.25, -0.2) is 13.1 Å². The van der Waals surface area contributed by atoms with Gasteiger partial charge in [-0.2, -0.15) is 0 Å². The van der Waals surface area contributed by atoms with E-state index in [9.17, 15) is 8.42 Å². The summed E-state index contributed by atoms with van der Waals surface area (Å²) in [7, 11) is -3.53. The summed E-state index contributed by atoms with van der Waals surface area (Å²) in [4.78, 5) is 4.57. The average molecular weight is 309 g/mol. The van der Waals surface area contributed by atoms with Crippen molar-refractivity contribution in [2.24, 2.45) is 10.9 Å². The number of fused-ring (bicyclic) bond motifs is 1. The van der Waals surface area contributed by atoms with E-state index in [4.69, 9.17) is 0 Å². The molecule has 1 heterocycles. The molecule has 1 aliphatic heterocycles. The van der Waals surface area contributed by atoms with Crippen molar-refractivity contribution in [2.75, 3.05) is 11.9 Å².